The minimum atomic E-state index is 0.588. The van der Waals surface area contributed by atoms with Gasteiger partial charge in [0.05, 0.1) is 0 Å². The van der Waals surface area contributed by atoms with E-state index in [-0.39, 0.29) is 0 Å². The van der Waals surface area contributed by atoms with Crippen molar-refractivity contribution in [1.29, 1.82) is 0 Å². The lowest BCUT2D eigenvalue weighted by molar-refractivity contribution is 1.43. The predicted octanol–water partition coefficient (Wildman–Crippen LogP) is 4.71. The maximum absolute atomic E-state index is 5.77. The molecule has 0 fully saturated rings. The molecule has 0 aliphatic rings. The molecule has 1 aromatic carbocycles. The number of thiophene rings is 1. The van der Waals surface area contributed by atoms with E-state index in [1.807, 2.05) is 0 Å². The second kappa shape index (κ2) is 3.60. The van der Waals surface area contributed by atoms with Crippen molar-refractivity contribution in [3.05, 3.63) is 33.1 Å². The molecule has 1 heterocycles. The standard InChI is InChI=1S/C10H8BrClS/c1-6-10(11)8-3-2-7(5-12)4-9(8)13-6/h2-4H,5H2,1H3. The molecule has 0 atom stereocenters. The smallest absolute Gasteiger partial charge is 0.0474 e. The number of benzene rings is 1. The Balaban J connectivity index is 2.73. The van der Waals surface area contributed by atoms with Crippen molar-refractivity contribution >= 4 is 49.0 Å². The predicted molar refractivity (Wildman–Crippen MR) is 63.8 cm³/mol. The highest BCUT2D eigenvalue weighted by atomic mass is 79.9. The van der Waals surface area contributed by atoms with E-state index in [0.29, 0.717) is 5.88 Å². The minimum absolute atomic E-state index is 0.588. The Kier molecular flexibility index (Phi) is 2.63. The van der Waals surface area contributed by atoms with Crippen LogP contribution in [0.5, 0.6) is 0 Å². The van der Waals surface area contributed by atoms with Gasteiger partial charge < -0.3 is 0 Å². The molecule has 0 aliphatic heterocycles. The molecule has 68 valence electrons. The molecule has 0 spiro atoms. The van der Waals surface area contributed by atoms with E-state index < -0.39 is 0 Å². The molecule has 0 saturated carbocycles. The van der Waals surface area contributed by atoms with E-state index >= 15 is 0 Å². The topological polar surface area (TPSA) is 0 Å². The highest BCUT2D eigenvalue weighted by molar-refractivity contribution is 9.10. The Morgan fingerprint density at radius 3 is 2.92 bits per heavy atom. The molecule has 2 rings (SSSR count). The average Bonchev–Trinajstić information content (AvgIpc) is 2.42. The molecule has 0 aliphatic carbocycles. The third-order valence-corrected chi connectivity index (χ3v) is 4.67. The third kappa shape index (κ3) is 1.63. The van der Waals surface area contributed by atoms with Gasteiger partial charge in [-0.05, 0) is 34.5 Å². The van der Waals surface area contributed by atoms with E-state index in [4.69, 9.17) is 11.6 Å². The number of rotatable bonds is 1. The summed E-state index contributed by atoms with van der Waals surface area (Å²) >= 11 is 11.1. The van der Waals surface area contributed by atoms with Crippen LogP contribution in [0.1, 0.15) is 10.4 Å². The zero-order chi connectivity index (χ0) is 9.42. The normalized spacial score (nSPS) is 11.0. The van der Waals surface area contributed by atoms with Gasteiger partial charge in [-0.1, -0.05) is 12.1 Å². The van der Waals surface area contributed by atoms with Crippen LogP contribution in [0.3, 0.4) is 0 Å². The second-order valence-corrected chi connectivity index (χ2v) is 5.25. The summed E-state index contributed by atoms with van der Waals surface area (Å²) in [5, 5.41) is 1.29. The van der Waals surface area contributed by atoms with E-state index in [9.17, 15) is 0 Å². The van der Waals surface area contributed by atoms with Gasteiger partial charge in [-0.25, -0.2) is 0 Å². The molecule has 3 heteroatoms. The number of hydrogen-bond donors (Lipinski definition) is 0. The molecule has 2 aromatic rings. The van der Waals surface area contributed by atoms with E-state index in [2.05, 4.69) is 41.1 Å². The Morgan fingerprint density at radius 2 is 2.23 bits per heavy atom. The van der Waals surface area contributed by atoms with Crippen molar-refractivity contribution in [3.8, 4) is 0 Å². The van der Waals surface area contributed by atoms with Gasteiger partial charge in [0.15, 0.2) is 0 Å². The Bertz CT molecular complexity index is 447. The molecule has 0 saturated heterocycles. The fourth-order valence-corrected chi connectivity index (χ4v) is 3.22. The summed E-state index contributed by atoms with van der Waals surface area (Å²) < 4.78 is 2.52. The number of aryl methyl sites for hydroxylation is 1. The fourth-order valence-electron chi connectivity index (χ4n) is 1.32. The molecule has 0 radical (unpaired) electrons. The maximum Gasteiger partial charge on any atom is 0.0474 e. The third-order valence-electron chi connectivity index (χ3n) is 2.01. The summed E-state index contributed by atoms with van der Waals surface area (Å²) in [5.41, 5.74) is 1.18. The minimum Gasteiger partial charge on any atom is -0.139 e. The molecule has 0 unspecified atom stereocenters. The summed E-state index contributed by atoms with van der Waals surface area (Å²) in [4.78, 5) is 1.32. The molecular formula is C10H8BrClS. The van der Waals surface area contributed by atoms with E-state index in [0.717, 1.165) is 0 Å². The Morgan fingerprint density at radius 1 is 1.46 bits per heavy atom. The van der Waals surface area contributed by atoms with Gasteiger partial charge in [0.25, 0.3) is 0 Å². The van der Waals surface area contributed by atoms with Crippen molar-refractivity contribution < 1.29 is 0 Å². The van der Waals surface area contributed by atoms with Crippen LogP contribution in [0.4, 0.5) is 0 Å². The Labute approximate surface area is 94.7 Å². The largest absolute Gasteiger partial charge is 0.139 e. The summed E-state index contributed by atoms with van der Waals surface area (Å²) in [5.74, 6) is 0.588. The van der Waals surface area contributed by atoms with Gasteiger partial charge >= 0.3 is 0 Å². The van der Waals surface area contributed by atoms with Crippen LogP contribution in [0.25, 0.3) is 10.1 Å². The first-order valence-corrected chi connectivity index (χ1v) is 6.10. The molecule has 0 bridgehead atoms. The van der Waals surface area contributed by atoms with Gasteiger partial charge in [0.2, 0.25) is 0 Å². The van der Waals surface area contributed by atoms with Gasteiger partial charge in [-0.2, -0.15) is 0 Å². The van der Waals surface area contributed by atoms with Crippen LogP contribution in [-0.2, 0) is 5.88 Å². The maximum atomic E-state index is 5.77. The van der Waals surface area contributed by atoms with Gasteiger partial charge in [-0.15, -0.1) is 22.9 Å². The summed E-state index contributed by atoms with van der Waals surface area (Å²) in [6.07, 6.45) is 0. The first-order chi connectivity index (χ1) is 6.22. The van der Waals surface area contributed by atoms with Crippen molar-refractivity contribution in [2.75, 3.05) is 0 Å². The number of hydrogen-bond acceptors (Lipinski definition) is 1. The van der Waals surface area contributed by atoms with Crippen LogP contribution in [-0.4, -0.2) is 0 Å². The molecule has 0 nitrogen and oxygen atoms in total. The van der Waals surface area contributed by atoms with Crippen LogP contribution in [0.2, 0.25) is 0 Å². The molecular weight excluding hydrogens is 268 g/mol. The monoisotopic (exact) mass is 274 g/mol. The highest BCUT2D eigenvalue weighted by Gasteiger charge is 2.05. The second-order valence-electron chi connectivity index (χ2n) is 2.94. The quantitative estimate of drug-likeness (QED) is 0.661. The SMILES string of the molecule is Cc1sc2cc(CCl)ccc2c1Br. The zero-order valence-electron chi connectivity index (χ0n) is 7.10. The molecule has 1 aromatic heterocycles. The lowest BCUT2D eigenvalue weighted by atomic mass is 10.2. The van der Waals surface area contributed by atoms with Gasteiger partial charge in [0.1, 0.15) is 0 Å². The van der Waals surface area contributed by atoms with Crippen LogP contribution < -0.4 is 0 Å². The van der Waals surface area contributed by atoms with Gasteiger partial charge in [-0.3, -0.25) is 0 Å². The van der Waals surface area contributed by atoms with E-state index in [1.54, 1.807) is 11.3 Å². The fraction of sp³-hybridized carbons (Fsp3) is 0.200. The number of halogens is 2. The van der Waals surface area contributed by atoms with Crippen LogP contribution >= 0.6 is 38.9 Å². The van der Waals surface area contributed by atoms with Crippen molar-refractivity contribution in [2.24, 2.45) is 0 Å². The number of fused-ring (bicyclic) bond motifs is 1. The van der Waals surface area contributed by atoms with Crippen LogP contribution in [0, 0.1) is 6.92 Å². The summed E-state index contributed by atoms with van der Waals surface area (Å²) in [6.45, 7) is 2.12. The highest BCUT2D eigenvalue weighted by Crippen LogP contribution is 2.35. The molecule has 0 N–H and O–H groups in total. The molecule has 0 amide bonds. The van der Waals surface area contributed by atoms with Crippen molar-refractivity contribution in [1.82, 2.24) is 0 Å². The number of alkyl halides is 1. The molecule has 13 heavy (non-hydrogen) atoms. The Hall–Kier alpha value is -0.0500. The first kappa shape index (κ1) is 9.50. The lowest BCUT2D eigenvalue weighted by Gasteiger charge is -1.94. The van der Waals surface area contributed by atoms with Gasteiger partial charge in [0, 0.05) is 25.3 Å². The summed E-state index contributed by atoms with van der Waals surface area (Å²) in [7, 11) is 0. The summed E-state index contributed by atoms with van der Waals surface area (Å²) in [6, 6.07) is 6.36. The average molecular weight is 276 g/mol. The van der Waals surface area contributed by atoms with Crippen molar-refractivity contribution in [3.63, 3.8) is 0 Å². The van der Waals surface area contributed by atoms with E-state index in [1.165, 1.54) is 25.0 Å². The lowest BCUT2D eigenvalue weighted by Crippen LogP contribution is -1.74. The van der Waals surface area contributed by atoms with Crippen molar-refractivity contribution in [2.45, 2.75) is 12.8 Å². The van der Waals surface area contributed by atoms with Crippen LogP contribution in [0.15, 0.2) is 22.7 Å². The zero-order valence-corrected chi connectivity index (χ0v) is 10.3. The first-order valence-electron chi connectivity index (χ1n) is 3.96.